The first-order chi connectivity index (χ1) is 15.5. The van der Waals surface area contributed by atoms with Gasteiger partial charge in [0, 0.05) is 19.0 Å². The highest BCUT2D eigenvalue weighted by Crippen LogP contribution is 2.68. The van der Waals surface area contributed by atoms with Crippen molar-refractivity contribution in [3.8, 4) is 0 Å². The molecular weight excluding hydrogens is 450 g/mol. The van der Waals surface area contributed by atoms with Crippen LogP contribution < -0.4 is 4.90 Å². The summed E-state index contributed by atoms with van der Waals surface area (Å²) in [4.78, 5) is 69.6. The lowest BCUT2D eigenvalue weighted by Crippen LogP contribution is -2.71. The minimum atomic E-state index is -2.12. The van der Waals surface area contributed by atoms with Gasteiger partial charge in [0.05, 0.1) is 19.4 Å². The molecule has 4 rings (SSSR count). The fourth-order valence-electron chi connectivity index (χ4n) is 5.34. The van der Waals surface area contributed by atoms with Crippen molar-refractivity contribution >= 4 is 47.2 Å². The zero-order valence-electron chi connectivity index (χ0n) is 19.2. The summed E-state index contributed by atoms with van der Waals surface area (Å²) in [5, 5.41) is 0. The van der Waals surface area contributed by atoms with Gasteiger partial charge in [0.25, 0.3) is 0 Å². The van der Waals surface area contributed by atoms with Crippen LogP contribution in [-0.2, 0) is 28.7 Å². The van der Waals surface area contributed by atoms with E-state index in [9.17, 15) is 24.0 Å². The Morgan fingerprint density at radius 2 is 1.70 bits per heavy atom. The molecule has 3 heterocycles. The van der Waals surface area contributed by atoms with E-state index < -0.39 is 52.0 Å². The van der Waals surface area contributed by atoms with Crippen LogP contribution in [0.5, 0.6) is 0 Å². The third kappa shape index (κ3) is 2.65. The first-order valence-corrected chi connectivity index (χ1v) is 11.2. The molecule has 1 aromatic rings. The number of thioether (sulfide) groups is 1. The number of hydrogen-bond donors (Lipinski definition) is 0. The summed E-state index contributed by atoms with van der Waals surface area (Å²) >= 11 is 1.21. The molecule has 10 nitrogen and oxygen atoms in total. The highest BCUT2D eigenvalue weighted by atomic mass is 32.2. The van der Waals surface area contributed by atoms with Gasteiger partial charge < -0.3 is 14.4 Å². The molecule has 2 saturated heterocycles. The number of barbiturate groups is 1. The summed E-state index contributed by atoms with van der Waals surface area (Å²) in [6.07, 6.45) is 0. The maximum absolute atomic E-state index is 13.9. The van der Waals surface area contributed by atoms with E-state index in [1.807, 2.05) is 25.1 Å². The lowest BCUT2D eigenvalue weighted by molar-refractivity contribution is -0.172. The summed E-state index contributed by atoms with van der Waals surface area (Å²) in [7, 11) is 3.64. The van der Waals surface area contributed by atoms with Gasteiger partial charge in [-0.15, -0.1) is 0 Å². The van der Waals surface area contributed by atoms with Crippen molar-refractivity contribution in [2.45, 2.75) is 36.6 Å². The van der Waals surface area contributed by atoms with Crippen LogP contribution in [0.25, 0.3) is 0 Å². The summed E-state index contributed by atoms with van der Waals surface area (Å²) in [5.74, 6) is -4.92. The molecule has 2 fully saturated rings. The Morgan fingerprint density at radius 3 is 2.24 bits per heavy atom. The Labute approximate surface area is 195 Å². The Morgan fingerprint density at radius 1 is 1.09 bits per heavy atom. The highest BCUT2D eigenvalue weighted by Gasteiger charge is 2.82. The molecule has 1 aromatic carbocycles. The molecule has 0 N–H and O–H groups in total. The van der Waals surface area contributed by atoms with Crippen LogP contribution in [0.2, 0.25) is 0 Å². The zero-order valence-corrected chi connectivity index (χ0v) is 20.0. The van der Waals surface area contributed by atoms with E-state index in [4.69, 9.17) is 9.47 Å². The van der Waals surface area contributed by atoms with Crippen molar-refractivity contribution in [2.24, 2.45) is 11.3 Å². The number of urea groups is 1. The molecule has 3 atom stereocenters. The number of methoxy groups -OCH3 is 1. The highest BCUT2D eigenvalue weighted by molar-refractivity contribution is 8.01. The number of carbonyl (C=O) groups excluding carboxylic acids is 5. The molecule has 1 spiro atoms. The molecule has 1 unspecified atom stereocenters. The number of anilines is 1. The molecule has 0 aromatic heterocycles. The fourth-order valence-corrected chi connectivity index (χ4v) is 6.94. The third-order valence-electron chi connectivity index (χ3n) is 6.78. The van der Waals surface area contributed by atoms with E-state index in [0.29, 0.717) is 5.69 Å². The van der Waals surface area contributed by atoms with Gasteiger partial charge in [-0.05, 0) is 38.5 Å². The normalized spacial score (nSPS) is 27.7. The second kappa shape index (κ2) is 7.47. The molecule has 3 aliphatic heterocycles. The third-order valence-corrected chi connectivity index (χ3v) is 8.26. The van der Waals surface area contributed by atoms with Gasteiger partial charge in [0.1, 0.15) is 16.8 Å². The monoisotopic (exact) mass is 475 g/mol. The van der Waals surface area contributed by atoms with Crippen LogP contribution in [0.1, 0.15) is 19.4 Å². The molecule has 0 saturated carbocycles. The molecular formula is C22H25N3O7S. The quantitative estimate of drug-likeness (QED) is 0.473. The second-order valence-electron chi connectivity index (χ2n) is 8.44. The number of imide groups is 2. The lowest BCUT2D eigenvalue weighted by atomic mass is 9.67. The van der Waals surface area contributed by atoms with E-state index in [2.05, 4.69) is 0 Å². The zero-order chi connectivity index (χ0) is 24.5. The summed E-state index contributed by atoms with van der Waals surface area (Å²) < 4.78 is 10.3. The van der Waals surface area contributed by atoms with E-state index in [-0.39, 0.29) is 6.61 Å². The van der Waals surface area contributed by atoms with Crippen LogP contribution in [0.4, 0.5) is 10.5 Å². The number of aryl methyl sites for hydroxylation is 1. The average molecular weight is 476 g/mol. The average Bonchev–Trinajstić information content (AvgIpc) is 3.20. The van der Waals surface area contributed by atoms with Gasteiger partial charge in [-0.2, -0.15) is 0 Å². The van der Waals surface area contributed by atoms with Gasteiger partial charge >= 0.3 is 18.0 Å². The van der Waals surface area contributed by atoms with Gasteiger partial charge in [-0.1, -0.05) is 17.8 Å². The number of ether oxygens (including phenoxy) is 2. The first-order valence-electron chi connectivity index (χ1n) is 10.4. The van der Waals surface area contributed by atoms with Crippen molar-refractivity contribution < 1.29 is 33.4 Å². The van der Waals surface area contributed by atoms with E-state index in [1.54, 1.807) is 18.7 Å². The van der Waals surface area contributed by atoms with Gasteiger partial charge in [-0.25, -0.2) is 9.59 Å². The smallest absolute Gasteiger partial charge is 0.332 e. The Balaban J connectivity index is 2.09. The van der Waals surface area contributed by atoms with Crippen molar-refractivity contribution in [1.82, 2.24) is 9.80 Å². The van der Waals surface area contributed by atoms with E-state index in [0.717, 1.165) is 27.4 Å². The van der Waals surface area contributed by atoms with Crippen LogP contribution in [0, 0.1) is 18.3 Å². The summed E-state index contributed by atoms with van der Waals surface area (Å²) in [5.41, 5.74) is -0.622. The van der Waals surface area contributed by atoms with Crippen molar-refractivity contribution in [3.05, 3.63) is 23.8 Å². The number of hydrogen-bond acceptors (Lipinski definition) is 9. The number of esters is 2. The summed E-state index contributed by atoms with van der Waals surface area (Å²) in [6.45, 7) is 5.19. The molecule has 0 bridgehead atoms. The standard InChI is InChI=1S/C22H25N3O7S/c1-7-32-17(27)15-14(16(26)31-6)22(18(28)23(4)20(30)24(5)19(22)29)21(3)25(15)12-10-11(2)8-9-13(12)33-21/h8-10,14-15H,7H2,1-6H3/t14-,15-,21?/m0/s1. The molecule has 0 aliphatic carbocycles. The number of nitrogens with zero attached hydrogens (tertiary/aromatic N) is 3. The van der Waals surface area contributed by atoms with Crippen LogP contribution in [0.15, 0.2) is 23.1 Å². The topological polar surface area (TPSA) is 114 Å². The number of rotatable bonds is 3. The fraction of sp³-hybridized carbons (Fsp3) is 0.500. The Bertz CT molecular complexity index is 1080. The van der Waals surface area contributed by atoms with Gasteiger partial charge in [-0.3, -0.25) is 24.2 Å². The molecule has 4 amide bonds. The Kier molecular flexibility index (Phi) is 5.23. The number of amides is 4. The predicted molar refractivity (Wildman–Crippen MR) is 117 cm³/mol. The maximum Gasteiger partial charge on any atom is 0.332 e. The number of fused-ring (bicyclic) bond motifs is 4. The maximum atomic E-state index is 13.9. The van der Waals surface area contributed by atoms with Gasteiger partial charge in [0.2, 0.25) is 11.8 Å². The van der Waals surface area contributed by atoms with E-state index >= 15 is 0 Å². The van der Waals surface area contributed by atoms with Crippen molar-refractivity contribution in [2.75, 3.05) is 32.7 Å². The predicted octanol–water partition coefficient (Wildman–Crippen LogP) is 1.39. The summed E-state index contributed by atoms with van der Waals surface area (Å²) in [6, 6.07) is 3.43. The minimum absolute atomic E-state index is 0.0365. The second-order valence-corrected chi connectivity index (χ2v) is 9.88. The lowest BCUT2D eigenvalue weighted by Gasteiger charge is -2.48. The Hall–Kier alpha value is -3.08. The number of carbonyl (C=O) groups is 5. The largest absolute Gasteiger partial charge is 0.469 e. The molecule has 0 radical (unpaired) electrons. The van der Waals surface area contributed by atoms with Crippen LogP contribution >= 0.6 is 11.8 Å². The SMILES string of the molecule is CCOC(=O)[C@@H]1[C@@H](C(=O)OC)C2(C(=O)N(C)C(=O)N(C)C2=O)C2(C)Sc3ccc(C)cc3N12. The van der Waals surface area contributed by atoms with Crippen molar-refractivity contribution in [1.29, 1.82) is 0 Å². The van der Waals surface area contributed by atoms with Gasteiger partial charge in [0.15, 0.2) is 5.41 Å². The molecule has 3 aliphatic rings. The molecule has 176 valence electrons. The minimum Gasteiger partial charge on any atom is -0.469 e. The van der Waals surface area contributed by atoms with Crippen LogP contribution in [-0.4, -0.2) is 78.3 Å². The molecule has 11 heteroatoms. The number of benzene rings is 1. The first kappa shape index (κ1) is 23.1. The van der Waals surface area contributed by atoms with Crippen molar-refractivity contribution in [3.63, 3.8) is 0 Å². The molecule has 33 heavy (non-hydrogen) atoms. The van der Waals surface area contributed by atoms with Crippen LogP contribution in [0.3, 0.4) is 0 Å². The van der Waals surface area contributed by atoms with E-state index in [1.165, 1.54) is 25.9 Å².